The Hall–Kier alpha value is -2.76. The van der Waals surface area contributed by atoms with E-state index in [0.717, 1.165) is 18.4 Å². The van der Waals surface area contributed by atoms with Gasteiger partial charge in [-0.25, -0.2) is 4.79 Å². The molecule has 136 valence electrons. The minimum absolute atomic E-state index is 0.0324. The van der Waals surface area contributed by atoms with Crippen LogP contribution in [0.15, 0.2) is 40.8 Å². The highest BCUT2D eigenvalue weighted by atomic mass is 16.6. The summed E-state index contributed by atoms with van der Waals surface area (Å²) >= 11 is 0. The lowest BCUT2D eigenvalue weighted by Gasteiger charge is -2.25. The maximum Gasteiger partial charge on any atom is 0.407 e. The zero-order valence-electron chi connectivity index (χ0n) is 14.8. The molecular weight excluding hydrogens is 332 g/mol. The van der Waals surface area contributed by atoms with E-state index in [1.165, 1.54) is 0 Å². The molecule has 2 aliphatic heterocycles. The minimum Gasteiger partial charge on any atom is -0.461 e. The van der Waals surface area contributed by atoms with Crippen LogP contribution >= 0.6 is 0 Å². The number of aryl methyl sites for hydroxylation is 1. The first-order valence-corrected chi connectivity index (χ1v) is 8.98. The summed E-state index contributed by atoms with van der Waals surface area (Å²) in [7, 11) is 0. The first-order valence-electron chi connectivity index (χ1n) is 8.98. The lowest BCUT2D eigenvalue weighted by molar-refractivity contribution is 0.0439. The number of nitrogens with one attached hydrogen (secondary N) is 1. The van der Waals surface area contributed by atoms with Crippen LogP contribution in [0.1, 0.15) is 35.4 Å². The van der Waals surface area contributed by atoms with Crippen LogP contribution in [0.2, 0.25) is 0 Å². The van der Waals surface area contributed by atoms with Gasteiger partial charge in [0.15, 0.2) is 0 Å². The van der Waals surface area contributed by atoms with Gasteiger partial charge in [0.1, 0.15) is 17.1 Å². The van der Waals surface area contributed by atoms with E-state index in [4.69, 9.17) is 9.15 Å². The highest BCUT2D eigenvalue weighted by molar-refractivity contribution is 5.99. The molecule has 26 heavy (non-hydrogen) atoms. The molecule has 3 heterocycles. The van der Waals surface area contributed by atoms with E-state index in [2.05, 4.69) is 5.32 Å². The summed E-state index contributed by atoms with van der Waals surface area (Å²) in [5, 5.41) is 2.74. The summed E-state index contributed by atoms with van der Waals surface area (Å²) in [4.78, 5) is 26.5. The summed E-state index contributed by atoms with van der Waals surface area (Å²) in [6, 6.07) is 11.5. The van der Waals surface area contributed by atoms with Crippen molar-refractivity contribution in [3.8, 4) is 11.3 Å². The lowest BCUT2D eigenvalue weighted by Crippen LogP contribution is -2.36. The van der Waals surface area contributed by atoms with Crippen molar-refractivity contribution in [2.45, 2.75) is 31.8 Å². The van der Waals surface area contributed by atoms with Crippen molar-refractivity contribution in [2.24, 2.45) is 0 Å². The van der Waals surface area contributed by atoms with E-state index in [9.17, 15) is 9.59 Å². The maximum atomic E-state index is 13.2. The zero-order chi connectivity index (χ0) is 18.1. The third-order valence-corrected chi connectivity index (χ3v) is 5.17. The monoisotopic (exact) mass is 354 g/mol. The molecule has 2 saturated heterocycles. The molecule has 1 atom stereocenters. The molecular formula is C20H22N2O4. The second-order valence-corrected chi connectivity index (χ2v) is 7.04. The Morgan fingerprint density at radius 2 is 2.00 bits per heavy atom. The standard InChI is InChI=1S/C20H22N2O4/c1-14-12-16(17(25-14)15-6-3-2-4-7-15)18(23)22-10-5-8-20(9-11-22)13-21-19(24)26-20/h2-4,6-7,12H,5,8-11,13H2,1H3,(H,21,24)/t20-/m0/s1. The first kappa shape index (κ1) is 16.7. The Kier molecular flexibility index (Phi) is 4.18. The van der Waals surface area contributed by atoms with Gasteiger partial charge < -0.3 is 19.4 Å². The molecule has 2 fully saturated rings. The van der Waals surface area contributed by atoms with Gasteiger partial charge in [-0.2, -0.15) is 0 Å². The number of nitrogens with zero attached hydrogens (tertiary/aromatic N) is 1. The van der Waals surface area contributed by atoms with E-state index >= 15 is 0 Å². The average molecular weight is 354 g/mol. The lowest BCUT2D eigenvalue weighted by atomic mass is 9.95. The number of benzene rings is 1. The molecule has 1 spiro atoms. The summed E-state index contributed by atoms with van der Waals surface area (Å²) in [5.74, 6) is 1.29. The molecule has 0 unspecified atom stereocenters. The van der Waals surface area contributed by atoms with Gasteiger partial charge in [-0.1, -0.05) is 30.3 Å². The van der Waals surface area contributed by atoms with Crippen molar-refractivity contribution < 1.29 is 18.7 Å². The highest BCUT2D eigenvalue weighted by Gasteiger charge is 2.42. The number of carbonyl (C=O) groups excluding carboxylic acids is 2. The number of likely N-dealkylation sites (tertiary alicyclic amines) is 1. The molecule has 0 saturated carbocycles. The minimum atomic E-state index is -0.472. The number of furan rings is 1. The largest absolute Gasteiger partial charge is 0.461 e. The normalized spacial score (nSPS) is 22.8. The third-order valence-electron chi connectivity index (χ3n) is 5.17. The van der Waals surface area contributed by atoms with Crippen LogP contribution in [0.3, 0.4) is 0 Å². The molecule has 0 bridgehead atoms. The van der Waals surface area contributed by atoms with Crippen LogP contribution in [0.5, 0.6) is 0 Å². The van der Waals surface area contributed by atoms with Gasteiger partial charge in [0.25, 0.3) is 5.91 Å². The molecule has 1 N–H and O–H groups in total. The number of rotatable bonds is 2. The van der Waals surface area contributed by atoms with Crippen LogP contribution in [0.25, 0.3) is 11.3 Å². The predicted octanol–water partition coefficient (Wildman–Crippen LogP) is 3.36. The molecule has 6 nitrogen and oxygen atoms in total. The Morgan fingerprint density at radius 3 is 2.73 bits per heavy atom. The van der Waals surface area contributed by atoms with Crippen LogP contribution in [0, 0.1) is 6.92 Å². The number of ether oxygens (including phenoxy) is 1. The van der Waals surface area contributed by atoms with Gasteiger partial charge in [0.05, 0.1) is 12.1 Å². The molecule has 0 radical (unpaired) electrons. The van der Waals surface area contributed by atoms with E-state index in [-0.39, 0.29) is 12.0 Å². The zero-order valence-corrected chi connectivity index (χ0v) is 14.8. The van der Waals surface area contributed by atoms with E-state index in [1.807, 2.05) is 48.2 Å². The van der Waals surface area contributed by atoms with E-state index in [0.29, 0.717) is 43.1 Å². The SMILES string of the molecule is Cc1cc(C(=O)N2CCC[C@]3(CC2)CNC(=O)O3)c(-c2ccccc2)o1. The van der Waals surface area contributed by atoms with Crippen LogP contribution in [-0.2, 0) is 4.74 Å². The fourth-order valence-electron chi connectivity index (χ4n) is 3.80. The second kappa shape index (κ2) is 6.52. The Bertz CT molecular complexity index is 830. The molecule has 2 aliphatic rings. The fraction of sp³-hybridized carbons (Fsp3) is 0.400. The number of amides is 2. The number of carbonyl (C=O) groups is 2. The van der Waals surface area contributed by atoms with Gasteiger partial charge >= 0.3 is 6.09 Å². The van der Waals surface area contributed by atoms with Gasteiger partial charge in [0.2, 0.25) is 0 Å². The molecule has 2 amide bonds. The predicted molar refractivity (Wildman–Crippen MR) is 95.9 cm³/mol. The Balaban J connectivity index is 1.56. The maximum absolute atomic E-state index is 13.2. The summed E-state index contributed by atoms with van der Waals surface area (Å²) in [5.41, 5.74) is 1.01. The highest BCUT2D eigenvalue weighted by Crippen LogP contribution is 2.32. The number of hydrogen-bond donors (Lipinski definition) is 1. The van der Waals surface area contributed by atoms with Crippen molar-refractivity contribution in [2.75, 3.05) is 19.6 Å². The Morgan fingerprint density at radius 1 is 1.19 bits per heavy atom. The van der Waals surface area contributed by atoms with Crippen molar-refractivity contribution >= 4 is 12.0 Å². The van der Waals surface area contributed by atoms with E-state index in [1.54, 1.807) is 0 Å². The average Bonchev–Trinajstić information content (AvgIpc) is 3.14. The first-order chi connectivity index (χ1) is 12.6. The topological polar surface area (TPSA) is 71.8 Å². The number of alkyl carbamates (subject to hydrolysis) is 1. The quantitative estimate of drug-likeness (QED) is 0.898. The van der Waals surface area contributed by atoms with Gasteiger partial charge in [-0.05, 0) is 25.8 Å². The van der Waals surface area contributed by atoms with Crippen molar-refractivity contribution in [3.05, 3.63) is 47.7 Å². The van der Waals surface area contributed by atoms with Crippen molar-refractivity contribution in [1.82, 2.24) is 10.2 Å². The number of hydrogen-bond acceptors (Lipinski definition) is 4. The molecule has 1 aromatic heterocycles. The van der Waals surface area contributed by atoms with Gasteiger partial charge in [0, 0.05) is 25.1 Å². The fourth-order valence-corrected chi connectivity index (χ4v) is 3.80. The van der Waals surface area contributed by atoms with Crippen molar-refractivity contribution in [1.29, 1.82) is 0 Å². The third kappa shape index (κ3) is 3.07. The van der Waals surface area contributed by atoms with Gasteiger partial charge in [-0.15, -0.1) is 0 Å². The van der Waals surface area contributed by atoms with Crippen molar-refractivity contribution in [3.63, 3.8) is 0 Å². The smallest absolute Gasteiger partial charge is 0.407 e. The molecule has 4 rings (SSSR count). The van der Waals surface area contributed by atoms with Crippen LogP contribution in [-0.4, -0.2) is 42.1 Å². The second-order valence-electron chi connectivity index (χ2n) is 7.04. The molecule has 6 heteroatoms. The van der Waals surface area contributed by atoms with Crippen LogP contribution < -0.4 is 5.32 Å². The van der Waals surface area contributed by atoms with Gasteiger partial charge in [-0.3, -0.25) is 4.79 Å². The Labute approximate surface area is 152 Å². The summed E-state index contributed by atoms with van der Waals surface area (Å²) < 4.78 is 11.3. The molecule has 1 aromatic carbocycles. The molecule has 0 aliphatic carbocycles. The van der Waals surface area contributed by atoms with Crippen LogP contribution in [0.4, 0.5) is 4.79 Å². The van der Waals surface area contributed by atoms with E-state index < -0.39 is 5.60 Å². The summed E-state index contributed by atoms with van der Waals surface area (Å²) in [6.07, 6.45) is 1.86. The molecule has 2 aromatic rings. The summed E-state index contributed by atoms with van der Waals surface area (Å²) in [6.45, 7) is 3.58.